The van der Waals surface area contributed by atoms with E-state index in [0.29, 0.717) is 0 Å². The fourth-order valence-electron chi connectivity index (χ4n) is 0.939. The number of imidazole rings is 1. The SMILES string of the molecule is C=Cc1nc(C)cn1N=C(C)C. The zero-order valence-corrected chi connectivity index (χ0v) is 7.70. The molecule has 3 heteroatoms. The molecule has 0 spiro atoms. The third kappa shape index (κ3) is 1.81. The maximum Gasteiger partial charge on any atom is 0.153 e. The molecule has 0 aliphatic rings. The van der Waals surface area contributed by atoms with Gasteiger partial charge in [0, 0.05) is 5.71 Å². The number of hydrogen-bond donors (Lipinski definition) is 0. The Hall–Kier alpha value is -1.38. The monoisotopic (exact) mass is 163 g/mol. The lowest BCUT2D eigenvalue weighted by molar-refractivity contribution is 0.858. The first-order valence-electron chi connectivity index (χ1n) is 3.84. The largest absolute Gasteiger partial charge is 0.232 e. The van der Waals surface area contributed by atoms with Gasteiger partial charge in [0.15, 0.2) is 5.82 Å². The molecule has 0 aliphatic carbocycles. The van der Waals surface area contributed by atoms with Gasteiger partial charge in [-0.15, -0.1) is 0 Å². The summed E-state index contributed by atoms with van der Waals surface area (Å²) in [6.45, 7) is 9.49. The minimum Gasteiger partial charge on any atom is -0.232 e. The molecule has 64 valence electrons. The predicted molar refractivity (Wildman–Crippen MR) is 51.2 cm³/mol. The van der Waals surface area contributed by atoms with Crippen LogP contribution in [0.1, 0.15) is 25.4 Å². The highest BCUT2D eigenvalue weighted by Crippen LogP contribution is 2.03. The van der Waals surface area contributed by atoms with E-state index in [4.69, 9.17) is 0 Å². The average molecular weight is 163 g/mol. The molecule has 1 heterocycles. The predicted octanol–water partition coefficient (Wildman–Crippen LogP) is 2.08. The third-order valence-electron chi connectivity index (χ3n) is 1.33. The molecule has 0 unspecified atom stereocenters. The summed E-state index contributed by atoms with van der Waals surface area (Å²) >= 11 is 0. The second kappa shape index (κ2) is 3.34. The second-order valence-corrected chi connectivity index (χ2v) is 2.84. The Morgan fingerprint density at radius 3 is 2.83 bits per heavy atom. The van der Waals surface area contributed by atoms with E-state index in [-0.39, 0.29) is 0 Å². The third-order valence-corrected chi connectivity index (χ3v) is 1.33. The van der Waals surface area contributed by atoms with Crippen molar-refractivity contribution >= 4 is 11.8 Å². The molecule has 12 heavy (non-hydrogen) atoms. The molecular weight excluding hydrogens is 150 g/mol. The zero-order valence-electron chi connectivity index (χ0n) is 7.70. The summed E-state index contributed by atoms with van der Waals surface area (Å²) in [5.41, 5.74) is 1.95. The standard InChI is InChI=1S/C9H13N3/c1-5-9-10-8(4)6-12(9)11-7(2)3/h5-6H,1H2,2-4H3. The second-order valence-electron chi connectivity index (χ2n) is 2.84. The minimum absolute atomic E-state index is 0.786. The Morgan fingerprint density at radius 1 is 1.67 bits per heavy atom. The van der Waals surface area contributed by atoms with Gasteiger partial charge in [-0.2, -0.15) is 5.10 Å². The summed E-state index contributed by atoms with van der Waals surface area (Å²) in [5.74, 6) is 0.786. The van der Waals surface area contributed by atoms with Gasteiger partial charge < -0.3 is 0 Å². The van der Waals surface area contributed by atoms with Crippen molar-refractivity contribution in [2.24, 2.45) is 5.10 Å². The van der Waals surface area contributed by atoms with E-state index in [0.717, 1.165) is 17.2 Å². The summed E-state index contributed by atoms with van der Waals surface area (Å²) < 4.78 is 1.73. The van der Waals surface area contributed by atoms with Gasteiger partial charge in [0.2, 0.25) is 0 Å². The van der Waals surface area contributed by atoms with E-state index >= 15 is 0 Å². The topological polar surface area (TPSA) is 30.2 Å². The van der Waals surface area contributed by atoms with Crippen LogP contribution in [0.4, 0.5) is 0 Å². The summed E-state index contributed by atoms with van der Waals surface area (Å²) in [7, 11) is 0. The summed E-state index contributed by atoms with van der Waals surface area (Å²) in [6.07, 6.45) is 3.57. The van der Waals surface area contributed by atoms with Crippen LogP contribution >= 0.6 is 0 Å². The average Bonchev–Trinajstić information content (AvgIpc) is 2.29. The van der Waals surface area contributed by atoms with Crippen molar-refractivity contribution in [2.75, 3.05) is 0 Å². The zero-order chi connectivity index (χ0) is 9.14. The lowest BCUT2D eigenvalue weighted by atomic mass is 10.5. The fraction of sp³-hybridized carbons (Fsp3) is 0.333. The van der Waals surface area contributed by atoms with Crippen LogP contribution in [0.25, 0.3) is 6.08 Å². The van der Waals surface area contributed by atoms with Crippen molar-refractivity contribution in [2.45, 2.75) is 20.8 Å². The Labute approximate surface area is 72.4 Å². The van der Waals surface area contributed by atoms with Crippen molar-refractivity contribution in [1.29, 1.82) is 0 Å². The van der Waals surface area contributed by atoms with Gasteiger partial charge in [-0.25, -0.2) is 9.66 Å². The van der Waals surface area contributed by atoms with Crippen LogP contribution in [-0.2, 0) is 0 Å². The first-order chi connectivity index (χ1) is 5.63. The van der Waals surface area contributed by atoms with Crippen molar-refractivity contribution in [1.82, 2.24) is 9.66 Å². The highest BCUT2D eigenvalue weighted by molar-refractivity contribution is 5.79. The molecular formula is C9H13N3. The highest BCUT2D eigenvalue weighted by Gasteiger charge is 1.98. The number of aryl methyl sites for hydroxylation is 1. The van der Waals surface area contributed by atoms with Gasteiger partial charge >= 0.3 is 0 Å². The quantitative estimate of drug-likeness (QED) is 0.614. The summed E-state index contributed by atoms with van der Waals surface area (Å²) in [5, 5.41) is 4.25. The van der Waals surface area contributed by atoms with Gasteiger partial charge in [0.25, 0.3) is 0 Å². The molecule has 1 rings (SSSR count). The van der Waals surface area contributed by atoms with Crippen LogP contribution in [0.2, 0.25) is 0 Å². The Balaban J connectivity index is 3.13. The van der Waals surface area contributed by atoms with Crippen molar-refractivity contribution in [3.63, 3.8) is 0 Å². The molecule has 1 aromatic heterocycles. The Kier molecular flexibility index (Phi) is 2.43. The molecule has 0 saturated carbocycles. The molecule has 0 aromatic carbocycles. The molecule has 0 atom stereocenters. The maximum atomic E-state index is 4.25. The van der Waals surface area contributed by atoms with Crippen molar-refractivity contribution in [3.05, 3.63) is 24.3 Å². The smallest absolute Gasteiger partial charge is 0.153 e. The molecule has 0 amide bonds. The fourth-order valence-corrected chi connectivity index (χ4v) is 0.939. The molecule has 0 saturated heterocycles. The van der Waals surface area contributed by atoms with Gasteiger partial charge in [-0.05, 0) is 26.8 Å². The first-order valence-corrected chi connectivity index (χ1v) is 3.84. The van der Waals surface area contributed by atoms with Gasteiger partial charge in [-0.1, -0.05) is 6.58 Å². The van der Waals surface area contributed by atoms with Crippen molar-refractivity contribution in [3.8, 4) is 0 Å². The van der Waals surface area contributed by atoms with Crippen LogP contribution in [-0.4, -0.2) is 15.4 Å². The van der Waals surface area contributed by atoms with Crippen LogP contribution in [0.3, 0.4) is 0 Å². The highest BCUT2D eigenvalue weighted by atomic mass is 15.4. The number of aromatic nitrogens is 2. The van der Waals surface area contributed by atoms with E-state index in [1.165, 1.54) is 0 Å². The van der Waals surface area contributed by atoms with Crippen molar-refractivity contribution < 1.29 is 0 Å². The lowest BCUT2D eigenvalue weighted by Crippen LogP contribution is -1.94. The normalized spacial score (nSPS) is 9.58. The van der Waals surface area contributed by atoms with E-state index < -0.39 is 0 Å². The van der Waals surface area contributed by atoms with Crippen LogP contribution in [0.5, 0.6) is 0 Å². The molecule has 0 aliphatic heterocycles. The van der Waals surface area contributed by atoms with E-state index in [1.54, 1.807) is 10.8 Å². The summed E-state index contributed by atoms with van der Waals surface area (Å²) in [4.78, 5) is 4.22. The van der Waals surface area contributed by atoms with Gasteiger partial charge in [0.05, 0.1) is 11.9 Å². The molecule has 0 radical (unpaired) electrons. The molecule has 1 aromatic rings. The van der Waals surface area contributed by atoms with E-state index in [9.17, 15) is 0 Å². The van der Waals surface area contributed by atoms with Gasteiger partial charge in [0.1, 0.15) is 0 Å². The Bertz CT molecular complexity index is 317. The number of rotatable bonds is 2. The summed E-state index contributed by atoms with van der Waals surface area (Å²) in [6, 6.07) is 0. The van der Waals surface area contributed by atoms with E-state index in [2.05, 4.69) is 16.7 Å². The van der Waals surface area contributed by atoms with E-state index in [1.807, 2.05) is 27.0 Å². The van der Waals surface area contributed by atoms with Crippen LogP contribution < -0.4 is 0 Å². The lowest BCUT2D eigenvalue weighted by Gasteiger charge is -1.95. The molecule has 0 fully saturated rings. The van der Waals surface area contributed by atoms with Crippen LogP contribution in [0.15, 0.2) is 17.9 Å². The molecule has 0 bridgehead atoms. The Morgan fingerprint density at radius 2 is 2.33 bits per heavy atom. The number of nitrogens with zero attached hydrogens (tertiary/aromatic N) is 3. The van der Waals surface area contributed by atoms with Crippen LogP contribution in [0, 0.1) is 6.92 Å². The number of hydrogen-bond acceptors (Lipinski definition) is 2. The molecule has 0 N–H and O–H groups in total. The minimum atomic E-state index is 0.786. The van der Waals surface area contributed by atoms with Gasteiger partial charge in [-0.3, -0.25) is 0 Å². The maximum absolute atomic E-state index is 4.25. The first kappa shape index (κ1) is 8.71. The molecule has 3 nitrogen and oxygen atoms in total.